The first-order valence-corrected chi connectivity index (χ1v) is 17.7. The molecule has 7 aromatic rings. The maximum atomic E-state index is 13.8. The number of imidazole rings is 1. The minimum atomic E-state index is -3.12. The molecule has 3 N–H and O–H groups in total. The molecule has 15 heteroatoms. The van der Waals surface area contributed by atoms with Crippen molar-refractivity contribution in [3.05, 3.63) is 150 Å². The number of fused-ring (bicyclic) bond motifs is 2. The Bertz CT molecular complexity index is 2590. The van der Waals surface area contributed by atoms with E-state index in [0.717, 1.165) is 16.7 Å². The average molecular weight is 755 g/mol. The molecule has 4 aromatic heterocycles. The molecular weight excluding hydrogens is 722 g/mol. The summed E-state index contributed by atoms with van der Waals surface area (Å²) in [5, 5.41) is 7.43. The quantitative estimate of drug-likeness (QED) is 0.137. The number of ether oxygens (including phenoxy) is 4. The summed E-state index contributed by atoms with van der Waals surface area (Å²) in [6.45, 7) is -2.78. The van der Waals surface area contributed by atoms with Gasteiger partial charge in [0.25, 0.3) is 12.2 Å². The molecule has 0 fully saturated rings. The highest BCUT2D eigenvalue weighted by atomic mass is 19.3. The molecule has 3 aromatic carbocycles. The summed E-state index contributed by atoms with van der Waals surface area (Å²) in [4.78, 5) is 27.6. The molecule has 0 spiro atoms. The van der Waals surface area contributed by atoms with E-state index in [2.05, 4.69) is 15.4 Å². The number of alkyl halides is 2. The highest BCUT2D eigenvalue weighted by Crippen LogP contribution is 2.39. The number of aromatic nitrogens is 6. The van der Waals surface area contributed by atoms with Crippen LogP contribution in [-0.4, -0.2) is 41.8 Å². The smallest absolute Gasteiger partial charge is 0.387 e. The van der Waals surface area contributed by atoms with Crippen LogP contribution in [0.5, 0.6) is 11.5 Å². The van der Waals surface area contributed by atoms with Gasteiger partial charge in [-0.15, -0.1) is 0 Å². The van der Waals surface area contributed by atoms with Crippen molar-refractivity contribution in [2.45, 2.75) is 38.4 Å². The number of anilines is 1. The molecule has 1 amide bonds. The molecule has 1 aliphatic heterocycles. The number of amides is 1. The first kappa shape index (κ1) is 34.5. The number of pyridine rings is 2. The summed E-state index contributed by atoms with van der Waals surface area (Å²) < 4.78 is 53.0. The number of nitrogen functional groups attached to an aromatic ring is 1. The summed E-state index contributed by atoms with van der Waals surface area (Å²) in [6.07, 6.45) is 8.21. The van der Waals surface area contributed by atoms with Crippen molar-refractivity contribution in [1.29, 1.82) is 0 Å². The van der Waals surface area contributed by atoms with Gasteiger partial charge in [0.15, 0.2) is 28.6 Å². The second kappa shape index (κ2) is 14.5. The molecule has 2 aliphatic rings. The number of rotatable bonds is 11. The first-order chi connectivity index (χ1) is 27.4. The summed E-state index contributed by atoms with van der Waals surface area (Å²) >= 11 is 0. The van der Waals surface area contributed by atoms with Gasteiger partial charge < -0.3 is 30.0 Å². The van der Waals surface area contributed by atoms with Crippen LogP contribution in [0.1, 0.15) is 51.4 Å². The van der Waals surface area contributed by atoms with E-state index in [1.807, 2.05) is 48.5 Å². The standard InChI is InChI=1S/C41H32F2N8O5/c42-41(43)56-33-22-34(50-17-5-16-46-50)48-38-35(33)49-37(29-8-4-15-45-36(29)44)51(38)27-11-12-28-25(20-27)9-13-31(28)47-39(52)26-10-14-32(30(21-26)40-53-18-19-54-40)55-23-24-6-2-1-3-7-24/h1-8,10-12,14-22,31,40-41H,9,13,23H2,(H2,44,45)(H,47,52)/t31-/m0/s1. The molecule has 9 rings (SSSR count). The number of nitrogens with zero attached hydrogens (tertiary/aromatic N) is 6. The fraction of sp³-hybridized carbons (Fsp3) is 0.146. The molecule has 5 heterocycles. The van der Waals surface area contributed by atoms with Gasteiger partial charge in [-0.1, -0.05) is 36.4 Å². The normalized spacial score (nSPS) is 14.8. The SMILES string of the molecule is Nc1ncccc1-c1nc2c(OC(F)F)cc(-n3cccn3)nc2n1-c1ccc2c(c1)CC[C@@H]2NC(=O)c1ccc(OCc2ccccc2)c(C2OC=CO2)c1. The minimum absolute atomic E-state index is 0.102. The van der Waals surface area contributed by atoms with Crippen LogP contribution >= 0.6 is 0 Å². The zero-order chi connectivity index (χ0) is 38.2. The number of carbonyl (C=O) groups excluding carboxylic acids is 1. The van der Waals surface area contributed by atoms with Gasteiger partial charge in [0.05, 0.1) is 17.2 Å². The van der Waals surface area contributed by atoms with E-state index < -0.39 is 12.9 Å². The Labute approximate surface area is 318 Å². The van der Waals surface area contributed by atoms with E-state index >= 15 is 0 Å². The monoisotopic (exact) mass is 754 g/mol. The van der Waals surface area contributed by atoms with E-state index in [9.17, 15) is 13.6 Å². The van der Waals surface area contributed by atoms with Crippen molar-refractivity contribution in [2.75, 3.05) is 5.73 Å². The molecule has 0 radical (unpaired) electrons. The zero-order valence-electron chi connectivity index (χ0n) is 29.5. The summed E-state index contributed by atoms with van der Waals surface area (Å²) in [5.74, 6) is 0.855. The Morgan fingerprint density at radius 1 is 0.929 bits per heavy atom. The molecule has 0 unspecified atom stereocenters. The second-order valence-electron chi connectivity index (χ2n) is 13.0. The lowest BCUT2D eigenvalue weighted by Crippen LogP contribution is -2.27. The van der Waals surface area contributed by atoms with Crippen molar-refractivity contribution in [3.63, 3.8) is 0 Å². The Balaban J connectivity index is 1.04. The number of nitrogens with one attached hydrogen (secondary N) is 1. The largest absolute Gasteiger partial charge is 0.488 e. The molecule has 13 nitrogen and oxygen atoms in total. The third-order valence-electron chi connectivity index (χ3n) is 9.59. The lowest BCUT2D eigenvalue weighted by Gasteiger charge is -2.19. The number of carbonyl (C=O) groups is 1. The van der Waals surface area contributed by atoms with Crippen LogP contribution in [0.3, 0.4) is 0 Å². The van der Waals surface area contributed by atoms with Crippen molar-refractivity contribution < 1.29 is 32.5 Å². The topological polar surface area (TPSA) is 153 Å². The molecular formula is C41H32F2N8O5. The molecule has 0 saturated carbocycles. The number of hydrogen-bond acceptors (Lipinski definition) is 10. The van der Waals surface area contributed by atoms with Crippen LogP contribution in [0.25, 0.3) is 34.1 Å². The van der Waals surface area contributed by atoms with Crippen LogP contribution in [0, 0.1) is 0 Å². The third-order valence-corrected chi connectivity index (χ3v) is 9.59. The van der Waals surface area contributed by atoms with Gasteiger partial charge in [-0.2, -0.15) is 13.9 Å². The van der Waals surface area contributed by atoms with Gasteiger partial charge in [0.1, 0.15) is 30.7 Å². The fourth-order valence-corrected chi connectivity index (χ4v) is 7.01. The van der Waals surface area contributed by atoms with E-state index in [1.165, 1.54) is 23.3 Å². The van der Waals surface area contributed by atoms with E-state index in [4.69, 9.17) is 34.6 Å². The summed E-state index contributed by atoms with van der Waals surface area (Å²) in [7, 11) is 0. The zero-order valence-corrected chi connectivity index (χ0v) is 29.5. The van der Waals surface area contributed by atoms with Gasteiger partial charge in [-0.05, 0) is 78.1 Å². The van der Waals surface area contributed by atoms with Gasteiger partial charge in [0.2, 0.25) is 0 Å². The van der Waals surface area contributed by atoms with Gasteiger partial charge in [-0.3, -0.25) is 9.36 Å². The number of aryl methyl sites for hydroxylation is 1. The lowest BCUT2D eigenvalue weighted by molar-refractivity contribution is -0.0489. The predicted octanol–water partition coefficient (Wildman–Crippen LogP) is 7.36. The van der Waals surface area contributed by atoms with E-state index in [-0.39, 0.29) is 40.5 Å². The van der Waals surface area contributed by atoms with Gasteiger partial charge >= 0.3 is 6.61 Å². The van der Waals surface area contributed by atoms with Crippen molar-refractivity contribution in [2.24, 2.45) is 0 Å². The number of hydrogen-bond donors (Lipinski definition) is 2. The maximum absolute atomic E-state index is 13.8. The Kier molecular flexibility index (Phi) is 8.93. The molecule has 0 saturated heterocycles. The van der Waals surface area contributed by atoms with Gasteiger partial charge in [-0.25, -0.2) is 19.6 Å². The molecule has 0 bridgehead atoms. The minimum Gasteiger partial charge on any atom is -0.488 e. The van der Waals surface area contributed by atoms with Gasteiger partial charge in [0, 0.05) is 35.9 Å². The van der Waals surface area contributed by atoms with Crippen molar-refractivity contribution in [3.8, 4) is 34.4 Å². The highest BCUT2D eigenvalue weighted by Gasteiger charge is 2.29. The maximum Gasteiger partial charge on any atom is 0.387 e. The van der Waals surface area contributed by atoms with Crippen molar-refractivity contribution >= 4 is 22.9 Å². The lowest BCUT2D eigenvalue weighted by atomic mass is 10.1. The highest BCUT2D eigenvalue weighted by molar-refractivity contribution is 5.95. The first-order valence-electron chi connectivity index (χ1n) is 17.7. The van der Waals surface area contributed by atoms with Crippen LogP contribution in [-0.2, 0) is 22.5 Å². The average Bonchev–Trinajstić information content (AvgIpc) is 4.05. The number of halogens is 2. The molecule has 1 atom stereocenters. The van der Waals surface area contributed by atoms with Crippen LogP contribution in [0.4, 0.5) is 14.6 Å². The summed E-state index contributed by atoms with van der Waals surface area (Å²) in [5.41, 5.74) is 11.7. The Morgan fingerprint density at radius 2 is 1.79 bits per heavy atom. The predicted molar refractivity (Wildman–Crippen MR) is 200 cm³/mol. The third kappa shape index (κ3) is 6.59. The molecule has 280 valence electrons. The van der Waals surface area contributed by atoms with E-state index in [0.29, 0.717) is 53.4 Å². The van der Waals surface area contributed by atoms with Crippen molar-refractivity contribution in [1.82, 2.24) is 34.6 Å². The van der Waals surface area contributed by atoms with Crippen LogP contribution in [0.2, 0.25) is 0 Å². The summed E-state index contributed by atoms with van der Waals surface area (Å²) in [6, 6.07) is 27.0. The number of nitrogens with two attached hydrogens (primary N) is 1. The Hall–Kier alpha value is -7.29. The Morgan fingerprint density at radius 3 is 2.57 bits per heavy atom. The number of benzene rings is 3. The second-order valence-corrected chi connectivity index (χ2v) is 13.0. The van der Waals surface area contributed by atoms with Crippen LogP contribution in [0.15, 0.2) is 122 Å². The fourth-order valence-electron chi connectivity index (χ4n) is 7.01. The molecule has 56 heavy (non-hydrogen) atoms. The van der Waals surface area contributed by atoms with Crippen LogP contribution < -0.4 is 20.5 Å². The molecule has 1 aliphatic carbocycles. The van der Waals surface area contributed by atoms with E-state index in [1.54, 1.807) is 59.6 Å².